The molecule has 0 aromatic heterocycles. The van der Waals surface area contributed by atoms with E-state index in [2.05, 4.69) is 37.1 Å². The SMILES string of the molecule is CCC(CCN(C)CC1CCc2ccc(OC)cc21)Oc1cccc(C(N)=O)c1. The van der Waals surface area contributed by atoms with Gasteiger partial charge in [-0.2, -0.15) is 0 Å². The van der Waals surface area contributed by atoms with Crippen molar-refractivity contribution in [2.24, 2.45) is 5.73 Å². The standard InChI is InChI=1S/C24H32N2O3/c1-4-20(29-22-7-5-6-18(14-22)24(25)27)12-13-26(2)16-19-9-8-17-10-11-21(28-3)15-23(17)19/h5-7,10-11,14-15,19-20H,4,8-9,12-13,16H2,1-3H3,(H2,25,27). The molecule has 2 unspecified atom stereocenters. The van der Waals surface area contributed by atoms with Crippen molar-refractivity contribution in [3.8, 4) is 11.5 Å². The van der Waals surface area contributed by atoms with E-state index in [0.717, 1.165) is 38.1 Å². The molecule has 0 spiro atoms. The second-order valence-corrected chi connectivity index (χ2v) is 7.89. The topological polar surface area (TPSA) is 64.8 Å². The zero-order valence-electron chi connectivity index (χ0n) is 17.7. The summed E-state index contributed by atoms with van der Waals surface area (Å²) in [5, 5.41) is 0. The van der Waals surface area contributed by atoms with Gasteiger partial charge in [-0.25, -0.2) is 0 Å². The Morgan fingerprint density at radius 2 is 2.07 bits per heavy atom. The van der Waals surface area contributed by atoms with Crippen LogP contribution in [0.15, 0.2) is 42.5 Å². The average molecular weight is 397 g/mol. The Morgan fingerprint density at radius 1 is 1.24 bits per heavy atom. The third kappa shape index (κ3) is 5.51. The monoisotopic (exact) mass is 396 g/mol. The number of likely N-dealkylation sites (N-methyl/N-ethyl adjacent to an activating group) is 1. The Hall–Kier alpha value is -2.53. The third-order valence-corrected chi connectivity index (χ3v) is 5.80. The lowest BCUT2D eigenvalue weighted by Gasteiger charge is -2.25. The minimum atomic E-state index is -0.434. The van der Waals surface area contributed by atoms with Crippen molar-refractivity contribution in [3.05, 3.63) is 59.2 Å². The van der Waals surface area contributed by atoms with Crippen molar-refractivity contribution in [2.45, 2.75) is 44.6 Å². The Morgan fingerprint density at radius 3 is 2.79 bits per heavy atom. The third-order valence-electron chi connectivity index (χ3n) is 5.80. The summed E-state index contributed by atoms with van der Waals surface area (Å²) in [6, 6.07) is 13.6. The van der Waals surface area contributed by atoms with Gasteiger partial charge in [-0.1, -0.05) is 19.1 Å². The van der Waals surface area contributed by atoms with Gasteiger partial charge in [0.1, 0.15) is 11.5 Å². The van der Waals surface area contributed by atoms with Crippen molar-refractivity contribution in [2.75, 3.05) is 27.2 Å². The fraction of sp³-hybridized carbons (Fsp3) is 0.458. The van der Waals surface area contributed by atoms with E-state index in [0.29, 0.717) is 17.2 Å². The molecule has 2 aromatic rings. The largest absolute Gasteiger partial charge is 0.497 e. The molecule has 29 heavy (non-hydrogen) atoms. The fourth-order valence-corrected chi connectivity index (χ4v) is 4.08. The summed E-state index contributed by atoms with van der Waals surface area (Å²) in [6.07, 6.45) is 4.30. The first kappa shape index (κ1) is 21.2. The molecule has 0 heterocycles. The maximum absolute atomic E-state index is 11.4. The number of nitrogens with zero attached hydrogens (tertiary/aromatic N) is 1. The van der Waals surface area contributed by atoms with E-state index in [4.69, 9.17) is 15.2 Å². The lowest BCUT2D eigenvalue weighted by atomic mass is 10.0. The summed E-state index contributed by atoms with van der Waals surface area (Å²) in [5.41, 5.74) is 8.73. The van der Waals surface area contributed by atoms with Crippen LogP contribution in [0.5, 0.6) is 11.5 Å². The Labute approximate surface area is 173 Å². The van der Waals surface area contributed by atoms with Gasteiger partial charge in [0, 0.05) is 18.7 Å². The number of carbonyl (C=O) groups is 1. The van der Waals surface area contributed by atoms with Crippen LogP contribution in [0.3, 0.4) is 0 Å². The van der Waals surface area contributed by atoms with Crippen LogP contribution in [0.1, 0.15) is 53.6 Å². The predicted molar refractivity (Wildman–Crippen MR) is 116 cm³/mol. The molecule has 0 saturated heterocycles. The summed E-state index contributed by atoms with van der Waals surface area (Å²) >= 11 is 0. The van der Waals surface area contributed by atoms with Gasteiger partial charge in [-0.15, -0.1) is 0 Å². The summed E-state index contributed by atoms with van der Waals surface area (Å²) in [5.74, 6) is 1.76. The fourth-order valence-electron chi connectivity index (χ4n) is 4.08. The van der Waals surface area contributed by atoms with Crippen LogP contribution >= 0.6 is 0 Å². The van der Waals surface area contributed by atoms with Gasteiger partial charge in [0.15, 0.2) is 0 Å². The number of ether oxygens (including phenoxy) is 2. The van der Waals surface area contributed by atoms with Crippen LogP contribution in [-0.4, -0.2) is 44.2 Å². The number of carbonyl (C=O) groups excluding carboxylic acids is 1. The van der Waals surface area contributed by atoms with Gasteiger partial charge in [0.2, 0.25) is 5.91 Å². The molecule has 1 amide bonds. The Kier molecular flexibility index (Phi) is 7.15. The van der Waals surface area contributed by atoms with Gasteiger partial charge in [-0.3, -0.25) is 4.79 Å². The zero-order valence-corrected chi connectivity index (χ0v) is 17.7. The molecule has 2 aromatic carbocycles. The number of nitrogens with two attached hydrogens (primary N) is 1. The first-order valence-corrected chi connectivity index (χ1v) is 10.4. The van der Waals surface area contributed by atoms with Gasteiger partial charge in [-0.05, 0) is 80.1 Å². The van der Waals surface area contributed by atoms with E-state index in [9.17, 15) is 4.79 Å². The molecule has 5 heteroatoms. The molecule has 0 fully saturated rings. The van der Waals surface area contributed by atoms with Crippen LogP contribution < -0.4 is 15.2 Å². The van der Waals surface area contributed by atoms with Gasteiger partial charge in [0.05, 0.1) is 13.2 Å². The number of rotatable bonds is 10. The number of amides is 1. The summed E-state index contributed by atoms with van der Waals surface area (Å²) < 4.78 is 11.5. The number of hydrogen-bond acceptors (Lipinski definition) is 4. The molecule has 156 valence electrons. The molecule has 5 nitrogen and oxygen atoms in total. The summed E-state index contributed by atoms with van der Waals surface area (Å²) in [4.78, 5) is 13.8. The van der Waals surface area contributed by atoms with Crippen molar-refractivity contribution < 1.29 is 14.3 Å². The van der Waals surface area contributed by atoms with Crippen LogP contribution in [0, 0.1) is 0 Å². The molecule has 2 atom stereocenters. The van der Waals surface area contributed by atoms with E-state index < -0.39 is 5.91 Å². The number of aryl methyl sites for hydroxylation is 1. The molecule has 1 aliphatic rings. The lowest BCUT2D eigenvalue weighted by Crippen LogP contribution is -2.29. The maximum atomic E-state index is 11.4. The molecule has 0 saturated carbocycles. The van der Waals surface area contributed by atoms with E-state index in [1.165, 1.54) is 17.5 Å². The number of fused-ring (bicyclic) bond motifs is 1. The second kappa shape index (κ2) is 9.79. The van der Waals surface area contributed by atoms with Crippen molar-refractivity contribution >= 4 is 5.91 Å². The number of benzene rings is 2. The second-order valence-electron chi connectivity index (χ2n) is 7.89. The van der Waals surface area contributed by atoms with Crippen LogP contribution in [0.25, 0.3) is 0 Å². The molecular formula is C24H32N2O3. The van der Waals surface area contributed by atoms with Crippen molar-refractivity contribution in [1.29, 1.82) is 0 Å². The van der Waals surface area contributed by atoms with Crippen LogP contribution in [0.4, 0.5) is 0 Å². The highest BCUT2D eigenvalue weighted by Crippen LogP contribution is 2.35. The molecule has 0 radical (unpaired) electrons. The number of methoxy groups -OCH3 is 1. The Balaban J connectivity index is 1.53. The van der Waals surface area contributed by atoms with Crippen LogP contribution in [-0.2, 0) is 6.42 Å². The number of hydrogen-bond donors (Lipinski definition) is 1. The smallest absolute Gasteiger partial charge is 0.248 e. The highest BCUT2D eigenvalue weighted by Gasteiger charge is 2.24. The summed E-state index contributed by atoms with van der Waals surface area (Å²) in [7, 11) is 3.90. The normalized spacial score (nSPS) is 16.5. The van der Waals surface area contributed by atoms with Gasteiger partial charge < -0.3 is 20.1 Å². The van der Waals surface area contributed by atoms with E-state index in [1.807, 2.05) is 6.07 Å². The van der Waals surface area contributed by atoms with Crippen LogP contribution in [0.2, 0.25) is 0 Å². The first-order chi connectivity index (χ1) is 14.0. The van der Waals surface area contributed by atoms with Gasteiger partial charge >= 0.3 is 0 Å². The van der Waals surface area contributed by atoms with Crippen molar-refractivity contribution in [3.63, 3.8) is 0 Å². The molecule has 1 aliphatic carbocycles. The quantitative estimate of drug-likeness (QED) is 0.659. The van der Waals surface area contributed by atoms with Crippen molar-refractivity contribution in [1.82, 2.24) is 4.90 Å². The minimum Gasteiger partial charge on any atom is -0.497 e. The molecule has 0 aliphatic heterocycles. The zero-order chi connectivity index (χ0) is 20.8. The Bertz CT molecular complexity index is 837. The highest BCUT2D eigenvalue weighted by atomic mass is 16.5. The first-order valence-electron chi connectivity index (χ1n) is 10.4. The molecule has 3 rings (SSSR count). The number of primary amides is 1. The summed E-state index contributed by atoms with van der Waals surface area (Å²) in [6.45, 7) is 4.12. The van der Waals surface area contributed by atoms with E-state index >= 15 is 0 Å². The van der Waals surface area contributed by atoms with Gasteiger partial charge in [0.25, 0.3) is 0 Å². The lowest BCUT2D eigenvalue weighted by molar-refractivity contribution is 0.0999. The predicted octanol–water partition coefficient (Wildman–Crippen LogP) is 4.00. The highest BCUT2D eigenvalue weighted by molar-refractivity contribution is 5.93. The van der Waals surface area contributed by atoms with E-state index in [-0.39, 0.29) is 6.10 Å². The molecule has 2 N–H and O–H groups in total. The molecular weight excluding hydrogens is 364 g/mol. The minimum absolute atomic E-state index is 0.108. The maximum Gasteiger partial charge on any atom is 0.248 e. The molecule has 0 bridgehead atoms. The van der Waals surface area contributed by atoms with E-state index in [1.54, 1.807) is 25.3 Å². The average Bonchev–Trinajstić information content (AvgIpc) is 3.13.